The molecule has 86 valence electrons. The first kappa shape index (κ1) is 11.1. The molecule has 2 atom stereocenters. The van der Waals surface area contributed by atoms with Crippen LogP contribution in [0.15, 0.2) is 11.6 Å². The Bertz CT molecular complexity index is 306. The van der Waals surface area contributed by atoms with Crippen LogP contribution in [0.4, 0.5) is 8.78 Å². The summed E-state index contributed by atoms with van der Waals surface area (Å²) >= 11 is 0. The lowest BCUT2D eigenvalue weighted by molar-refractivity contribution is 0.0463. The molecule has 0 nitrogen and oxygen atoms in total. The Balaban J connectivity index is 2.18. The van der Waals surface area contributed by atoms with Gasteiger partial charge in [0, 0.05) is 10.8 Å². The number of hydrogen-bond acceptors (Lipinski definition) is 0. The predicted molar refractivity (Wildman–Crippen MR) is 58.0 cm³/mol. The Hall–Kier alpha value is -0.400. The van der Waals surface area contributed by atoms with Crippen LogP contribution in [0, 0.1) is 10.8 Å². The molecule has 2 aliphatic carbocycles. The second-order valence-corrected chi connectivity index (χ2v) is 5.56. The maximum atomic E-state index is 13.7. The number of allylic oxidation sites excluding steroid dienone is 2. The molecule has 2 heteroatoms. The molecule has 0 aliphatic heterocycles. The molecule has 0 heterocycles. The molecule has 0 radical (unpaired) electrons. The van der Waals surface area contributed by atoms with Gasteiger partial charge >= 0.3 is 0 Å². The van der Waals surface area contributed by atoms with Crippen LogP contribution in [0.1, 0.15) is 52.9 Å². The van der Waals surface area contributed by atoms with Crippen molar-refractivity contribution in [1.29, 1.82) is 0 Å². The van der Waals surface area contributed by atoms with Crippen molar-refractivity contribution < 1.29 is 8.78 Å². The molecule has 2 rings (SSSR count). The van der Waals surface area contributed by atoms with Crippen molar-refractivity contribution in [1.82, 2.24) is 0 Å². The van der Waals surface area contributed by atoms with Gasteiger partial charge in [-0.05, 0) is 25.7 Å². The van der Waals surface area contributed by atoms with Crippen LogP contribution in [0.25, 0.3) is 0 Å². The van der Waals surface area contributed by atoms with Gasteiger partial charge in [-0.2, -0.15) is 0 Å². The number of halogens is 2. The first-order valence-corrected chi connectivity index (χ1v) is 5.95. The van der Waals surface area contributed by atoms with E-state index < -0.39 is 16.8 Å². The average Bonchev–Trinajstić information content (AvgIpc) is 2.58. The Labute approximate surface area is 90.7 Å². The molecule has 0 N–H and O–H groups in total. The second-order valence-electron chi connectivity index (χ2n) is 5.56. The third-order valence-electron chi connectivity index (χ3n) is 4.86. The first-order chi connectivity index (χ1) is 6.89. The minimum Gasteiger partial charge on any atom is -0.206 e. The molecular formula is C13H20F2. The molecule has 1 fully saturated rings. The first-order valence-electron chi connectivity index (χ1n) is 5.95. The van der Waals surface area contributed by atoms with E-state index in [0.717, 1.165) is 19.3 Å². The monoisotopic (exact) mass is 214 g/mol. The van der Waals surface area contributed by atoms with Crippen molar-refractivity contribution >= 4 is 0 Å². The van der Waals surface area contributed by atoms with E-state index in [-0.39, 0.29) is 0 Å². The minimum atomic E-state index is -2.45. The summed E-state index contributed by atoms with van der Waals surface area (Å²) in [5, 5.41) is 0. The zero-order chi connectivity index (χ0) is 11.3. The highest BCUT2D eigenvalue weighted by molar-refractivity contribution is 5.29. The van der Waals surface area contributed by atoms with E-state index >= 15 is 0 Å². The Morgan fingerprint density at radius 3 is 2.53 bits per heavy atom. The molecule has 0 aromatic rings. The second kappa shape index (κ2) is 3.05. The van der Waals surface area contributed by atoms with Crippen molar-refractivity contribution in [2.24, 2.45) is 10.8 Å². The fourth-order valence-corrected chi connectivity index (χ4v) is 3.14. The molecule has 0 aromatic heterocycles. The summed E-state index contributed by atoms with van der Waals surface area (Å²) in [6, 6.07) is 0. The lowest BCUT2D eigenvalue weighted by Gasteiger charge is -2.10. The maximum absolute atomic E-state index is 13.7. The summed E-state index contributed by atoms with van der Waals surface area (Å²) in [6.07, 6.45) is 6.37. The van der Waals surface area contributed by atoms with Crippen LogP contribution < -0.4 is 0 Å². The summed E-state index contributed by atoms with van der Waals surface area (Å²) in [4.78, 5) is 0. The van der Waals surface area contributed by atoms with E-state index in [1.807, 2.05) is 0 Å². The fourth-order valence-electron chi connectivity index (χ4n) is 3.14. The molecule has 2 aliphatic rings. The van der Waals surface area contributed by atoms with Crippen molar-refractivity contribution in [2.45, 2.75) is 58.8 Å². The van der Waals surface area contributed by atoms with Crippen LogP contribution in [-0.2, 0) is 0 Å². The summed E-state index contributed by atoms with van der Waals surface area (Å²) in [7, 11) is 0. The lowest BCUT2D eigenvalue weighted by Crippen LogP contribution is -2.06. The van der Waals surface area contributed by atoms with Crippen LogP contribution in [0.2, 0.25) is 0 Å². The molecule has 0 spiro atoms. The van der Waals surface area contributed by atoms with E-state index in [9.17, 15) is 8.78 Å². The molecular weight excluding hydrogens is 194 g/mol. The standard InChI is InChI=1S/C13H20F2/c1-4-5-10-6-8-11(2)12(3,9-7-10)13(11,14)15/h6H,4-5,7-9H2,1-3H3. The molecule has 2 unspecified atom stereocenters. The largest absolute Gasteiger partial charge is 0.260 e. The summed E-state index contributed by atoms with van der Waals surface area (Å²) in [6.45, 7) is 5.65. The van der Waals surface area contributed by atoms with Crippen LogP contribution in [0.3, 0.4) is 0 Å². The van der Waals surface area contributed by atoms with Gasteiger partial charge in [0.1, 0.15) is 0 Å². The number of hydrogen-bond donors (Lipinski definition) is 0. The van der Waals surface area contributed by atoms with Crippen LogP contribution in [0.5, 0.6) is 0 Å². The van der Waals surface area contributed by atoms with Crippen molar-refractivity contribution in [3.8, 4) is 0 Å². The van der Waals surface area contributed by atoms with Gasteiger partial charge < -0.3 is 0 Å². The van der Waals surface area contributed by atoms with Gasteiger partial charge in [0.2, 0.25) is 0 Å². The smallest absolute Gasteiger partial charge is 0.206 e. The highest BCUT2D eigenvalue weighted by Crippen LogP contribution is 2.79. The zero-order valence-electron chi connectivity index (χ0n) is 9.87. The van der Waals surface area contributed by atoms with Gasteiger partial charge in [0.05, 0.1) is 0 Å². The topological polar surface area (TPSA) is 0 Å². The Kier molecular flexibility index (Phi) is 2.26. The van der Waals surface area contributed by atoms with Gasteiger partial charge in [0.15, 0.2) is 0 Å². The number of rotatable bonds is 2. The molecule has 15 heavy (non-hydrogen) atoms. The van der Waals surface area contributed by atoms with Crippen molar-refractivity contribution in [3.63, 3.8) is 0 Å². The normalized spacial score (nSPS) is 42.9. The highest BCUT2D eigenvalue weighted by Gasteiger charge is 2.85. The van der Waals surface area contributed by atoms with E-state index in [0.29, 0.717) is 12.8 Å². The number of fused-ring (bicyclic) bond motifs is 1. The average molecular weight is 214 g/mol. The van der Waals surface area contributed by atoms with E-state index in [1.165, 1.54) is 5.57 Å². The Morgan fingerprint density at radius 2 is 1.93 bits per heavy atom. The third kappa shape index (κ3) is 1.17. The Morgan fingerprint density at radius 1 is 1.27 bits per heavy atom. The summed E-state index contributed by atoms with van der Waals surface area (Å²) < 4.78 is 27.5. The summed E-state index contributed by atoms with van der Waals surface area (Å²) in [5.41, 5.74) is -0.121. The summed E-state index contributed by atoms with van der Waals surface area (Å²) in [5.74, 6) is -2.45. The van der Waals surface area contributed by atoms with Gasteiger partial charge in [-0.25, -0.2) is 8.78 Å². The minimum absolute atomic E-state index is 0.561. The van der Waals surface area contributed by atoms with Gasteiger partial charge in [0.25, 0.3) is 5.92 Å². The highest BCUT2D eigenvalue weighted by atomic mass is 19.3. The maximum Gasteiger partial charge on any atom is 0.260 e. The van der Waals surface area contributed by atoms with E-state index in [2.05, 4.69) is 13.0 Å². The molecule has 0 bridgehead atoms. The number of alkyl halides is 2. The van der Waals surface area contributed by atoms with Crippen LogP contribution in [-0.4, -0.2) is 5.92 Å². The van der Waals surface area contributed by atoms with Crippen LogP contribution >= 0.6 is 0 Å². The van der Waals surface area contributed by atoms with Gasteiger partial charge in [-0.15, -0.1) is 0 Å². The van der Waals surface area contributed by atoms with Gasteiger partial charge in [-0.3, -0.25) is 0 Å². The van der Waals surface area contributed by atoms with E-state index in [1.54, 1.807) is 13.8 Å². The fraction of sp³-hybridized carbons (Fsp3) is 0.846. The molecule has 0 amide bonds. The van der Waals surface area contributed by atoms with Crippen molar-refractivity contribution in [3.05, 3.63) is 11.6 Å². The third-order valence-corrected chi connectivity index (χ3v) is 4.86. The molecule has 0 aromatic carbocycles. The van der Waals surface area contributed by atoms with E-state index in [4.69, 9.17) is 0 Å². The quantitative estimate of drug-likeness (QED) is 0.591. The predicted octanol–water partition coefficient (Wildman–Crippen LogP) is 4.56. The SMILES string of the molecule is CCCC1=CCC2(C)C(F)(F)C2(C)CC1. The van der Waals surface area contributed by atoms with Gasteiger partial charge in [-0.1, -0.05) is 38.8 Å². The van der Waals surface area contributed by atoms with Crippen molar-refractivity contribution in [2.75, 3.05) is 0 Å². The molecule has 0 saturated heterocycles. The zero-order valence-corrected chi connectivity index (χ0v) is 9.87. The molecule has 1 saturated carbocycles. The lowest BCUT2D eigenvalue weighted by atomic mass is 9.91.